The number of carbonyl (C=O) groups excluding carboxylic acids is 2. The summed E-state index contributed by atoms with van der Waals surface area (Å²) in [4.78, 5) is 25.0. The van der Waals surface area contributed by atoms with Crippen LogP contribution in [0.25, 0.3) is 0 Å². The number of nitrogens with zero attached hydrogens (tertiary/aromatic N) is 3. The molecule has 8 heteroatoms. The van der Waals surface area contributed by atoms with Gasteiger partial charge in [-0.3, -0.25) is 9.59 Å². The largest absolute Gasteiger partial charge is 0.413 e. The quantitative estimate of drug-likeness (QED) is 0.739. The van der Waals surface area contributed by atoms with Crippen LogP contribution in [0.1, 0.15) is 0 Å². The third-order valence-electron chi connectivity index (χ3n) is 3.32. The summed E-state index contributed by atoms with van der Waals surface area (Å²) >= 11 is 0. The van der Waals surface area contributed by atoms with Gasteiger partial charge >= 0.3 is 6.18 Å². The standard InChI is InChI=1S/C12H8F3N3O2/c13-12(14,15)9-7-8(16-17-9)11(20)18(10(7)19)6-4-2-1-3-5-6/h1-5,7-9H/t7-,8-,9-/m1/s1. The number of imide groups is 1. The van der Waals surface area contributed by atoms with E-state index in [4.69, 9.17) is 0 Å². The van der Waals surface area contributed by atoms with E-state index in [0.29, 0.717) is 0 Å². The monoisotopic (exact) mass is 283 g/mol. The van der Waals surface area contributed by atoms with E-state index in [9.17, 15) is 22.8 Å². The molecule has 0 aliphatic carbocycles. The minimum Gasteiger partial charge on any atom is -0.274 e. The van der Waals surface area contributed by atoms with E-state index in [1.54, 1.807) is 18.2 Å². The van der Waals surface area contributed by atoms with Crippen molar-refractivity contribution in [3.8, 4) is 0 Å². The van der Waals surface area contributed by atoms with Crippen LogP contribution < -0.4 is 4.90 Å². The van der Waals surface area contributed by atoms with Crippen molar-refractivity contribution in [1.29, 1.82) is 0 Å². The van der Waals surface area contributed by atoms with Crippen molar-refractivity contribution >= 4 is 17.5 Å². The molecule has 3 rings (SSSR count). The third-order valence-corrected chi connectivity index (χ3v) is 3.32. The lowest BCUT2D eigenvalue weighted by Gasteiger charge is -2.18. The zero-order valence-electron chi connectivity index (χ0n) is 9.91. The molecule has 0 N–H and O–H groups in total. The second-order valence-corrected chi connectivity index (χ2v) is 4.54. The van der Waals surface area contributed by atoms with Crippen molar-refractivity contribution in [2.24, 2.45) is 16.1 Å². The summed E-state index contributed by atoms with van der Waals surface area (Å²) in [6.07, 6.45) is -4.69. The number of azo groups is 1. The van der Waals surface area contributed by atoms with Crippen LogP contribution in [0.4, 0.5) is 18.9 Å². The molecule has 0 aromatic heterocycles. The fraction of sp³-hybridized carbons (Fsp3) is 0.333. The molecule has 104 valence electrons. The Morgan fingerprint density at radius 3 is 2.25 bits per heavy atom. The number of hydrogen-bond donors (Lipinski definition) is 0. The Labute approximate surface area is 111 Å². The zero-order chi connectivity index (χ0) is 14.5. The highest BCUT2D eigenvalue weighted by molar-refractivity contribution is 6.24. The Morgan fingerprint density at radius 1 is 1.00 bits per heavy atom. The van der Waals surface area contributed by atoms with Crippen LogP contribution in [-0.4, -0.2) is 30.1 Å². The summed E-state index contributed by atoms with van der Waals surface area (Å²) in [5.74, 6) is -3.25. The van der Waals surface area contributed by atoms with Crippen LogP contribution in [0.15, 0.2) is 40.6 Å². The van der Waals surface area contributed by atoms with Crippen molar-refractivity contribution in [2.75, 3.05) is 4.90 Å². The van der Waals surface area contributed by atoms with Gasteiger partial charge in [0.25, 0.3) is 5.91 Å². The molecule has 1 aromatic rings. The highest BCUT2D eigenvalue weighted by Gasteiger charge is 2.62. The fourth-order valence-corrected chi connectivity index (χ4v) is 2.42. The molecular weight excluding hydrogens is 275 g/mol. The molecule has 0 radical (unpaired) electrons. The topological polar surface area (TPSA) is 62.1 Å². The lowest BCUT2D eigenvalue weighted by Crippen LogP contribution is -2.39. The second-order valence-electron chi connectivity index (χ2n) is 4.54. The predicted octanol–water partition coefficient (Wildman–Crippen LogP) is 1.94. The first kappa shape index (κ1) is 12.8. The Kier molecular flexibility index (Phi) is 2.63. The number of rotatable bonds is 1. The van der Waals surface area contributed by atoms with Gasteiger partial charge in [-0.2, -0.15) is 23.4 Å². The molecule has 0 bridgehead atoms. The maximum Gasteiger partial charge on any atom is 0.413 e. The number of para-hydroxylation sites is 1. The van der Waals surface area contributed by atoms with Crippen molar-refractivity contribution < 1.29 is 22.8 Å². The van der Waals surface area contributed by atoms with Crippen molar-refractivity contribution in [3.63, 3.8) is 0 Å². The van der Waals surface area contributed by atoms with Gasteiger partial charge in [-0.15, -0.1) is 0 Å². The van der Waals surface area contributed by atoms with Crippen LogP contribution in [0.3, 0.4) is 0 Å². The number of carbonyl (C=O) groups is 2. The Hall–Kier alpha value is -2.25. The van der Waals surface area contributed by atoms with E-state index in [0.717, 1.165) is 4.90 Å². The van der Waals surface area contributed by atoms with Crippen LogP contribution in [0.5, 0.6) is 0 Å². The molecule has 2 heterocycles. The van der Waals surface area contributed by atoms with E-state index >= 15 is 0 Å². The molecule has 2 aliphatic rings. The normalized spacial score (nSPS) is 29.1. The number of alkyl halides is 3. The molecular formula is C12H8F3N3O2. The van der Waals surface area contributed by atoms with E-state index in [2.05, 4.69) is 10.2 Å². The average molecular weight is 283 g/mol. The molecule has 0 unspecified atom stereocenters. The van der Waals surface area contributed by atoms with E-state index in [1.165, 1.54) is 12.1 Å². The summed E-state index contributed by atoms with van der Waals surface area (Å²) in [6.45, 7) is 0. The third kappa shape index (κ3) is 1.71. The minimum atomic E-state index is -4.69. The zero-order valence-corrected chi connectivity index (χ0v) is 9.91. The lowest BCUT2D eigenvalue weighted by atomic mass is 9.96. The minimum absolute atomic E-state index is 0.244. The van der Waals surface area contributed by atoms with Gasteiger partial charge in [-0.1, -0.05) is 18.2 Å². The Bertz CT molecular complexity index is 600. The Balaban J connectivity index is 1.98. The van der Waals surface area contributed by atoms with Crippen molar-refractivity contribution in [2.45, 2.75) is 18.3 Å². The van der Waals surface area contributed by atoms with E-state index in [1.807, 2.05) is 0 Å². The molecule has 20 heavy (non-hydrogen) atoms. The molecule has 2 amide bonds. The first-order chi connectivity index (χ1) is 9.41. The maximum absolute atomic E-state index is 12.8. The van der Waals surface area contributed by atoms with Crippen LogP contribution >= 0.6 is 0 Å². The molecule has 1 aromatic carbocycles. The highest BCUT2D eigenvalue weighted by Crippen LogP contribution is 2.41. The van der Waals surface area contributed by atoms with Gasteiger partial charge in [0.15, 0.2) is 12.1 Å². The summed E-state index contributed by atoms with van der Waals surface area (Å²) in [5.41, 5.74) is 0.244. The van der Waals surface area contributed by atoms with Crippen LogP contribution in [0, 0.1) is 5.92 Å². The number of benzene rings is 1. The van der Waals surface area contributed by atoms with Crippen LogP contribution in [-0.2, 0) is 9.59 Å². The summed E-state index contributed by atoms with van der Waals surface area (Å²) < 4.78 is 38.4. The van der Waals surface area contributed by atoms with Gasteiger partial charge in [0.2, 0.25) is 5.91 Å². The summed E-state index contributed by atoms with van der Waals surface area (Å²) in [5, 5.41) is 6.40. The van der Waals surface area contributed by atoms with Crippen molar-refractivity contribution in [3.05, 3.63) is 30.3 Å². The van der Waals surface area contributed by atoms with Crippen molar-refractivity contribution in [1.82, 2.24) is 0 Å². The molecule has 3 atom stereocenters. The Morgan fingerprint density at radius 2 is 1.65 bits per heavy atom. The highest BCUT2D eigenvalue weighted by atomic mass is 19.4. The predicted molar refractivity (Wildman–Crippen MR) is 60.9 cm³/mol. The van der Waals surface area contributed by atoms with E-state index in [-0.39, 0.29) is 5.69 Å². The van der Waals surface area contributed by atoms with E-state index < -0.39 is 36.0 Å². The molecule has 1 saturated heterocycles. The summed E-state index contributed by atoms with van der Waals surface area (Å²) in [6, 6.07) is 4.22. The maximum atomic E-state index is 12.8. The molecule has 2 aliphatic heterocycles. The number of fused-ring (bicyclic) bond motifs is 1. The number of halogens is 3. The number of amides is 2. The van der Waals surface area contributed by atoms with Gasteiger partial charge in [-0.05, 0) is 12.1 Å². The first-order valence-electron chi connectivity index (χ1n) is 5.81. The number of hydrogen-bond acceptors (Lipinski definition) is 4. The molecule has 1 fully saturated rings. The summed E-state index contributed by atoms with van der Waals surface area (Å²) in [7, 11) is 0. The first-order valence-corrected chi connectivity index (χ1v) is 5.81. The smallest absolute Gasteiger partial charge is 0.274 e. The van der Waals surface area contributed by atoms with Crippen LogP contribution in [0.2, 0.25) is 0 Å². The number of anilines is 1. The second kappa shape index (κ2) is 4.12. The van der Waals surface area contributed by atoms with Gasteiger partial charge in [0.1, 0.15) is 5.92 Å². The molecule has 5 nitrogen and oxygen atoms in total. The van der Waals surface area contributed by atoms with Gasteiger partial charge in [0.05, 0.1) is 5.69 Å². The average Bonchev–Trinajstić information content (AvgIpc) is 2.92. The van der Waals surface area contributed by atoms with Gasteiger partial charge in [-0.25, -0.2) is 4.90 Å². The van der Waals surface area contributed by atoms with Gasteiger partial charge < -0.3 is 0 Å². The fourth-order valence-electron chi connectivity index (χ4n) is 2.42. The SMILES string of the molecule is O=C1[C@H]2[C@H](C(F)(F)F)N=N[C@H]2C(=O)N1c1ccccc1. The molecule has 0 saturated carbocycles. The lowest BCUT2D eigenvalue weighted by molar-refractivity contribution is -0.160. The molecule has 0 spiro atoms. The van der Waals surface area contributed by atoms with Gasteiger partial charge in [0, 0.05) is 0 Å².